The van der Waals surface area contributed by atoms with E-state index in [9.17, 15) is 0 Å². The quantitative estimate of drug-likeness (QED) is 0.532. The number of benzene rings is 2. The van der Waals surface area contributed by atoms with Crippen LogP contribution in [0.15, 0.2) is 36.4 Å². The van der Waals surface area contributed by atoms with Gasteiger partial charge in [-0.15, -0.1) is 0 Å². The minimum absolute atomic E-state index is 0.921. The number of hydrogen-bond donors (Lipinski definition) is 0. The summed E-state index contributed by atoms with van der Waals surface area (Å²) in [6, 6.07) is 12.9. The summed E-state index contributed by atoms with van der Waals surface area (Å²) >= 11 is 5.88. The van der Waals surface area contributed by atoms with Gasteiger partial charge in [-0.3, -0.25) is 0 Å². The van der Waals surface area contributed by atoms with Crippen molar-refractivity contribution < 1.29 is 0 Å². The third kappa shape index (κ3) is 1.74. The standard InChI is InChI=1S/C11H8BrI/c12-7-8-5-6-11(13)10-4-2-1-3-9(8)10/h1-6H,7H2. The summed E-state index contributed by atoms with van der Waals surface area (Å²) < 4.78 is 1.32. The lowest BCUT2D eigenvalue weighted by Crippen LogP contribution is -1.83. The molecule has 0 spiro atoms. The fourth-order valence-electron chi connectivity index (χ4n) is 1.44. The van der Waals surface area contributed by atoms with E-state index in [0.717, 1.165) is 5.33 Å². The van der Waals surface area contributed by atoms with Crippen molar-refractivity contribution in [2.24, 2.45) is 0 Å². The molecule has 0 nitrogen and oxygen atoms in total. The van der Waals surface area contributed by atoms with Gasteiger partial charge < -0.3 is 0 Å². The lowest BCUT2D eigenvalue weighted by molar-refractivity contribution is 1.48. The zero-order valence-corrected chi connectivity index (χ0v) is 10.7. The van der Waals surface area contributed by atoms with E-state index in [2.05, 4.69) is 74.9 Å². The molecule has 0 N–H and O–H groups in total. The molecule has 0 radical (unpaired) electrons. The smallest absolute Gasteiger partial charge is 0.0289 e. The van der Waals surface area contributed by atoms with Gasteiger partial charge >= 0.3 is 0 Å². The zero-order valence-electron chi connectivity index (χ0n) is 6.93. The van der Waals surface area contributed by atoms with Gasteiger partial charge in [0.2, 0.25) is 0 Å². The molecule has 2 heteroatoms. The summed E-state index contributed by atoms with van der Waals surface area (Å²) in [5.41, 5.74) is 1.36. The summed E-state index contributed by atoms with van der Waals surface area (Å²) in [5, 5.41) is 3.62. The minimum atomic E-state index is 0.921. The van der Waals surface area contributed by atoms with Crippen molar-refractivity contribution >= 4 is 49.3 Å². The predicted molar refractivity (Wildman–Crippen MR) is 69.3 cm³/mol. The summed E-state index contributed by atoms with van der Waals surface area (Å²) in [5.74, 6) is 0. The van der Waals surface area contributed by atoms with E-state index in [-0.39, 0.29) is 0 Å². The van der Waals surface area contributed by atoms with Gasteiger partial charge in [-0.1, -0.05) is 46.3 Å². The van der Waals surface area contributed by atoms with Crippen LogP contribution >= 0.6 is 38.5 Å². The molecule has 0 aliphatic rings. The first-order valence-electron chi connectivity index (χ1n) is 4.05. The van der Waals surface area contributed by atoms with Crippen LogP contribution in [0.1, 0.15) is 5.56 Å². The average molecular weight is 347 g/mol. The second-order valence-electron chi connectivity index (χ2n) is 2.89. The highest BCUT2D eigenvalue weighted by molar-refractivity contribution is 14.1. The SMILES string of the molecule is BrCc1ccc(I)c2ccccc12. The van der Waals surface area contributed by atoms with Crippen molar-refractivity contribution in [1.29, 1.82) is 0 Å². The predicted octanol–water partition coefficient (Wildman–Crippen LogP) is 4.34. The van der Waals surface area contributed by atoms with Gasteiger partial charge in [-0.05, 0) is 45.0 Å². The fourth-order valence-corrected chi connectivity index (χ4v) is 2.58. The van der Waals surface area contributed by atoms with Crippen LogP contribution in [0, 0.1) is 3.57 Å². The van der Waals surface area contributed by atoms with Gasteiger partial charge in [0.1, 0.15) is 0 Å². The molecule has 0 amide bonds. The van der Waals surface area contributed by atoms with E-state index in [1.807, 2.05) is 0 Å². The van der Waals surface area contributed by atoms with E-state index in [1.54, 1.807) is 0 Å². The molecule has 0 bridgehead atoms. The van der Waals surface area contributed by atoms with Gasteiger partial charge in [0.05, 0.1) is 0 Å². The molecular formula is C11H8BrI. The van der Waals surface area contributed by atoms with E-state index < -0.39 is 0 Å². The highest BCUT2D eigenvalue weighted by atomic mass is 127. The van der Waals surface area contributed by atoms with Gasteiger partial charge in [-0.2, -0.15) is 0 Å². The summed E-state index contributed by atoms with van der Waals surface area (Å²) in [4.78, 5) is 0. The number of hydrogen-bond acceptors (Lipinski definition) is 0. The van der Waals surface area contributed by atoms with Gasteiger partial charge in [0.15, 0.2) is 0 Å². The first-order valence-corrected chi connectivity index (χ1v) is 6.25. The van der Waals surface area contributed by atoms with Crippen LogP contribution in [-0.2, 0) is 5.33 Å². The molecule has 2 aromatic carbocycles. The van der Waals surface area contributed by atoms with Crippen molar-refractivity contribution in [3.63, 3.8) is 0 Å². The summed E-state index contributed by atoms with van der Waals surface area (Å²) in [7, 11) is 0. The van der Waals surface area contributed by atoms with Gasteiger partial charge in [-0.25, -0.2) is 0 Å². The molecule has 2 aromatic rings. The normalized spacial score (nSPS) is 10.6. The third-order valence-corrected chi connectivity index (χ3v) is 3.65. The molecule has 0 atom stereocenters. The van der Waals surface area contributed by atoms with Crippen LogP contribution in [0.2, 0.25) is 0 Å². The number of alkyl halides is 1. The Hall–Kier alpha value is -0.0900. The molecular weight excluding hydrogens is 339 g/mol. The maximum Gasteiger partial charge on any atom is 0.0289 e. The van der Waals surface area contributed by atoms with Gasteiger partial charge in [0.25, 0.3) is 0 Å². The molecule has 0 saturated heterocycles. The minimum Gasteiger partial charge on any atom is -0.0876 e. The number of rotatable bonds is 1. The van der Waals surface area contributed by atoms with Crippen LogP contribution in [0.3, 0.4) is 0 Å². The summed E-state index contributed by atoms with van der Waals surface area (Å²) in [6.07, 6.45) is 0. The Bertz CT molecular complexity index is 437. The second kappa shape index (κ2) is 3.96. The summed E-state index contributed by atoms with van der Waals surface area (Å²) in [6.45, 7) is 0. The zero-order chi connectivity index (χ0) is 9.26. The molecule has 0 heterocycles. The highest BCUT2D eigenvalue weighted by Crippen LogP contribution is 2.25. The Morgan fingerprint density at radius 1 is 1.00 bits per heavy atom. The molecule has 0 aromatic heterocycles. The lowest BCUT2D eigenvalue weighted by Gasteiger charge is -2.04. The fraction of sp³-hybridized carbons (Fsp3) is 0.0909. The molecule has 66 valence electrons. The van der Waals surface area contributed by atoms with E-state index in [1.165, 1.54) is 19.9 Å². The van der Waals surface area contributed by atoms with E-state index >= 15 is 0 Å². The Morgan fingerprint density at radius 2 is 1.69 bits per heavy atom. The monoisotopic (exact) mass is 346 g/mol. The Morgan fingerprint density at radius 3 is 2.38 bits per heavy atom. The molecule has 0 fully saturated rings. The number of fused-ring (bicyclic) bond motifs is 1. The largest absolute Gasteiger partial charge is 0.0876 e. The average Bonchev–Trinajstić information content (AvgIpc) is 2.19. The highest BCUT2D eigenvalue weighted by Gasteiger charge is 2.01. The van der Waals surface area contributed by atoms with Crippen LogP contribution in [0.25, 0.3) is 10.8 Å². The lowest BCUT2D eigenvalue weighted by atomic mass is 10.1. The van der Waals surface area contributed by atoms with Crippen molar-refractivity contribution in [3.05, 3.63) is 45.5 Å². The third-order valence-electron chi connectivity index (χ3n) is 2.11. The Labute approximate surface area is 99.6 Å². The first kappa shape index (κ1) is 9.46. The maximum atomic E-state index is 3.50. The van der Waals surface area contributed by atoms with E-state index in [0.29, 0.717) is 0 Å². The van der Waals surface area contributed by atoms with Crippen LogP contribution < -0.4 is 0 Å². The Balaban J connectivity index is 2.84. The van der Waals surface area contributed by atoms with Crippen LogP contribution in [0.4, 0.5) is 0 Å². The Kier molecular flexibility index (Phi) is 2.89. The topological polar surface area (TPSA) is 0 Å². The van der Waals surface area contributed by atoms with Crippen molar-refractivity contribution in [2.45, 2.75) is 5.33 Å². The molecule has 0 aliphatic heterocycles. The van der Waals surface area contributed by atoms with Crippen molar-refractivity contribution in [2.75, 3.05) is 0 Å². The second-order valence-corrected chi connectivity index (χ2v) is 4.61. The number of halogens is 2. The van der Waals surface area contributed by atoms with Crippen molar-refractivity contribution in [3.8, 4) is 0 Å². The van der Waals surface area contributed by atoms with Gasteiger partial charge in [0, 0.05) is 8.90 Å². The maximum absolute atomic E-state index is 3.50. The molecule has 0 unspecified atom stereocenters. The molecule has 2 rings (SSSR count). The van der Waals surface area contributed by atoms with Crippen LogP contribution in [-0.4, -0.2) is 0 Å². The van der Waals surface area contributed by atoms with Crippen molar-refractivity contribution in [1.82, 2.24) is 0 Å². The molecule has 0 aliphatic carbocycles. The molecule has 0 saturated carbocycles. The van der Waals surface area contributed by atoms with Crippen LogP contribution in [0.5, 0.6) is 0 Å². The first-order chi connectivity index (χ1) is 6.33. The molecule has 13 heavy (non-hydrogen) atoms. The van der Waals surface area contributed by atoms with E-state index in [4.69, 9.17) is 0 Å².